The van der Waals surface area contributed by atoms with Crippen molar-refractivity contribution in [3.8, 4) is 23.3 Å². The van der Waals surface area contributed by atoms with Crippen LogP contribution < -0.4 is 19.5 Å². The summed E-state index contributed by atoms with van der Waals surface area (Å²) in [5.74, 6) is 1.04. The van der Waals surface area contributed by atoms with E-state index in [-0.39, 0.29) is 17.4 Å². The maximum absolute atomic E-state index is 13.4. The SMILES string of the molecule is CCS(=O)(=O)c1ccc(C(Oc2ccc(C#N)cc2)C(=O)Nc2nc3ccc4c(c3s2)OCO4)cc1. The first-order valence-electron chi connectivity index (χ1n) is 10.9. The Kier molecular flexibility index (Phi) is 6.22. The zero-order valence-electron chi connectivity index (χ0n) is 18.9. The van der Waals surface area contributed by atoms with Crippen LogP contribution in [0.1, 0.15) is 24.2 Å². The maximum Gasteiger partial charge on any atom is 0.271 e. The minimum Gasteiger partial charge on any atom is -0.476 e. The van der Waals surface area contributed by atoms with E-state index >= 15 is 0 Å². The summed E-state index contributed by atoms with van der Waals surface area (Å²) in [5, 5.41) is 12.2. The molecule has 5 rings (SSSR count). The number of nitriles is 1. The molecule has 2 heterocycles. The average molecular weight is 522 g/mol. The number of thiazole rings is 1. The van der Waals surface area contributed by atoms with Gasteiger partial charge in [0.1, 0.15) is 10.4 Å². The summed E-state index contributed by atoms with van der Waals surface area (Å²) in [6, 6.07) is 17.9. The lowest BCUT2D eigenvalue weighted by Gasteiger charge is -2.19. The molecule has 36 heavy (non-hydrogen) atoms. The van der Waals surface area contributed by atoms with Crippen LogP contribution in [0.15, 0.2) is 65.6 Å². The summed E-state index contributed by atoms with van der Waals surface area (Å²) in [6.45, 7) is 1.69. The van der Waals surface area contributed by atoms with E-state index < -0.39 is 21.8 Å². The standard InChI is InChI=1S/C25H19N3O6S2/c1-2-36(30,31)18-9-5-16(6-10-18)21(34-17-7-3-15(13-26)4-8-17)24(29)28-25-27-19-11-12-20-22(23(19)35-25)33-14-32-20/h3-12,21H,2,14H2,1H3,(H,27,28,29). The molecule has 11 heteroatoms. The summed E-state index contributed by atoms with van der Waals surface area (Å²) < 4.78 is 42.1. The van der Waals surface area contributed by atoms with Crippen LogP contribution in [0.4, 0.5) is 5.13 Å². The van der Waals surface area contributed by atoms with Gasteiger partial charge in [0.05, 0.1) is 27.8 Å². The highest BCUT2D eigenvalue weighted by molar-refractivity contribution is 7.91. The van der Waals surface area contributed by atoms with Gasteiger partial charge in [-0.15, -0.1) is 0 Å². The molecule has 1 atom stereocenters. The van der Waals surface area contributed by atoms with Crippen molar-refractivity contribution in [2.75, 3.05) is 17.9 Å². The van der Waals surface area contributed by atoms with E-state index in [1.54, 1.807) is 55.5 Å². The van der Waals surface area contributed by atoms with Gasteiger partial charge in [-0.05, 0) is 48.5 Å². The highest BCUT2D eigenvalue weighted by Crippen LogP contribution is 2.43. The number of nitrogens with one attached hydrogen (secondary N) is 1. The number of amides is 1. The number of hydrogen-bond acceptors (Lipinski definition) is 9. The summed E-state index contributed by atoms with van der Waals surface area (Å²) in [4.78, 5) is 18.0. The van der Waals surface area contributed by atoms with Gasteiger partial charge in [-0.25, -0.2) is 13.4 Å². The van der Waals surface area contributed by atoms with Crippen molar-refractivity contribution in [2.45, 2.75) is 17.9 Å². The van der Waals surface area contributed by atoms with Crippen LogP contribution in [0, 0.1) is 11.3 Å². The number of benzene rings is 3. The summed E-state index contributed by atoms with van der Waals surface area (Å²) in [6.07, 6.45) is -1.12. The number of hydrogen-bond donors (Lipinski definition) is 1. The predicted octanol–water partition coefficient (Wildman–Crippen LogP) is 4.45. The van der Waals surface area contributed by atoms with Gasteiger partial charge >= 0.3 is 0 Å². The first-order valence-corrected chi connectivity index (χ1v) is 13.3. The van der Waals surface area contributed by atoms with Crippen LogP contribution in [0.25, 0.3) is 10.2 Å². The molecule has 1 amide bonds. The molecule has 9 nitrogen and oxygen atoms in total. The van der Waals surface area contributed by atoms with Crippen LogP contribution in [0.5, 0.6) is 17.2 Å². The number of carbonyl (C=O) groups excluding carboxylic acids is 1. The van der Waals surface area contributed by atoms with Crippen molar-refractivity contribution in [2.24, 2.45) is 0 Å². The third-order valence-electron chi connectivity index (χ3n) is 5.52. The molecule has 0 radical (unpaired) electrons. The van der Waals surface area contributed by atoms with E-state index in [9.17, 15) is 13.2 Å². The second kappa shape index (κ2) is 9.49. The Hall–Kier alpha value is -4.14. The molecular weight excluding hydrogens is 502 g/mol. The first-order chi connectivity index (χ1) is 17.4. The van der Waals surface area contributed by atoms with E-state index in [1.165, 1.54) is 23.5 Å². The third-order valence-corrected chi connectivity index (χ3v) is 8.26. The van der Waals surface area contributed by atoms with E-state index in [0.29, 0.717) is 39.0 Å². The van der Waals surface area contributed by atoms with Crippen LogP contribution in [0.2, 0.25) is 0 Å². The largest absolute Gasteiger partial charge is 0.476 e. The minimum absolute atomic E-state index is 0.0337. The molecule has 182 valence electrons. The zero-order chi connectivity index (χ0) is 25.3. The van der Waals surface area contributed by atoms with Crippen LogP contribution in [-0.2, 0) is 14.6 Å². The molecule has 0 saturated heterocycles. The number of nitrogens with zero attached hydrogens (tertiary/aromatic N) is 2. The van der Waals surface area contributed by atoms with Crippen molar-refractivity contribution in [3.63, 3.8) is 0 Å². The predicted molar refractivity (Wildman–Crippen MR) is 133 cm³/mol. The Balaban J connectivity index is 1.46. The van der Waals surface area contributed by atoms with Gasteiger partial charge in [0.25, 0.3) is 5.91 Å². The maximum atomic E-state index is 13.4. The Morgan fingerprint density at radius 3 is 2.58 bits per heavy atom. The van der Waals surface area contributed by atoms with Gasteiger partial charge in [-0.1, -0.05) is 30.4 Å². The molecule has 0 spiro atoms. The van der Waals surface area contributed by atoms with Crippen molar-refractivity contribution < 1.29 is 27.4 Å². The first kappa shape index (κ1) is 23.6. The lowest BCUT2D eigenvalue weighted by Crippen LogP contribution is -2.25. The lowest BCUT2D eigenvalue weighted by atomic mass is 10.1. The van der Waals surface area contributed by atoms with Crippen molar-refractivity contribution in [1.29, 1.82) is 5.26 Å². The van der Waals surface area contributed by atoms with Crippen molar-refractivity contribution >= 4 is 42.4 Å². The number of carbonyl (C=O) groups is 1. The Labute approximate surface area is 210 Å². The quantitative estimate of drug-likeness (QED) is 0.378. The normalized spacial score (nSPS) is 13.2. The number of ether oxygens (including phenoxy) is 3. The van der Waals surface area contributed by atoms with Gasteiger partial charge in [0.15, 0.2) is 26.5 Å². The fourth-order valence-corrected chi connectivity index (χ4v) is 5.45. The van der Waals surface area contributed by atoms with Gasteiger partial charge in [-0.2, -0.15) is 5.26 Å². The molecule has 1 aromatic heterocycles. The average Bonchev–Trinajstić information content (AvgIpc) is 3.54. The Morgan fingerprint density at radius 2 is 1.89 bits per heavy atom. The molecule has 1 aliphatic heterocycles. The highest BCUT2D eigenvalue weighted by Gasteiger charge is 2.26. The van der Waals surface area contributed by atoms with E-state index in [1.807, 2.05) is 6.07 Å². The van der Waals surface area contributed by atoms with E-state index in [2.05, 4.69) is 10.3 Å². The molecule has 4 aromatic rings. The second-order valence-electron chi connectivity index (χ2n) is 7.76. The lowest BCUT2D eigenvalue weighted by molar-refractivity contribution is -0.123. The molecule has 0 saturated carbocycles. The summed E-state index contributed by atoms with van der Waals surface area (Å²) >= 11 is 1.24. The molecule has 1 aliphatic rings. The van der Waals surface area contributed by atoms with Gasteiger partial charge < -0.3 is 14.2 Å². The monoisotopic (exact) mass is 521 g/mol. The highest BCUT2D eigenvalue weighted by atomic mass is 32.2. The van der Waals surface area contributed by atoms with Crippen LogP contribution >= 0.6 is 11.3 Å². The molecule has 0 fully saturated rings. The number of rotatable bonds is 7. The van der Waals surface area contributed by atoms with E-state index in [4.69, 9.17) is 19.5 Å². The Bertz CT molecular complexity index is 1590. The molecule has 0 bridgehead atoms. The fraction of sp³-hybridized carbons (Fsp3) is 0.160. The third kappa shape index (κ3) is 4.56. The van der Waals surface area contributed by atoms with Crippen molar-refractivity contribution in [3.05, 3.63) is 71.8 Å². The van der Waals surface area contributed by atoms with Crippen LogP contribution in [-0.4, -0.2) is 31.9 Å². The molecule has 1 unspecified atom stereocenters. The Morgan fingerprint density at radius 1 is 1.14 bits per heavy atom. The van der Waals surface area contributed by atoms with E-state index in [0.717, 1.165) is 4.70 Å². The second-order valence-corrected chi connectivity index (χ2v) is 11.0. The number of anilines is 1. The smallest absolute Gasteiger partial charge is 0.271 e. The van der Waals surface area contributed by atoms with Crippen molar-refractivity contribution in [1.82, 2.24) is 4.98 Å². The number of aromatic nitrogens is 1. The summed E-state index contributed by atoms with van der Waals surface area (Å²) in [7, 11) is -3.40. The zero-order valence-corrected chi connectivity index (χ0v) is 20.6. The topological polar surface area (TPSA) is 128 Å². The minimum atomic E-state index is -3.40. The van der Waals surface area contributed by atoms with Gasteiger partial charge in [0, 0.05) is 5.56 Å². The van der Waals surface area contributed by atoms with Gasteiger partial charge in [0.2, 0.25) is 12.9 Å². The van der Waals surface area contributed by atoms with Gasteiger partial charge in [-0.3, -0.25) is 10.1 Å². The van der Waals surface area contributed by atoms with Crippen LogP contribution in [0.3, 0.4) is 0 Å². The molecule has 3 aromatic carbocycles. The summed E-state index contributed by atoms with van der Waals surface area (Å²) in [5.41, 5.74) is 1.55. The molecule has 0 aliphatic carbocycles. The number of sulfone groups is 1. The molecule has 1 N–H and O–H groups in total. The number of fused-ring (bicyclic) bond motifs is 3. The fourth-order valence-electron chi connectivity index (χ4n) is 3.61. The molecular formula is C25H19N3O6S2.